The van der Waals surface area contributed by atoms with Crippen LogP contribution in [0.1, 0.15) is 49.0 Å². The number of hydrogen-bond donors (Lipinski definition) is 3. The smallest absolute Gasteiger partial charge is 0.303 e. The van der Waals surface area contributed by atoms with Gasteiger partial charge in [-0.2, -0.15) is 0 Å². The number of aliphatic hydroxyl groups excluding tert-OH is 2. The Hall–Kier alpha value is -1.47. The van der Waals surface area contributed by atoms with E-state index in [0.717, 1.165) is 12.8 Å². The van der Waals surface area contributed by atoms with Crippen molar-refractivity contribution in [1.29, 1.82) is 0 Å². The fraction of sp³-hybridized carbons (Fsp3) is 0.609. The van der Waals surface area contributed by atoms with Gasteiger partial charge in [0.05, 0.1) is 18.3 Å². The van der Waals surface area contributed by atoms with E-state index < -0.39 is 18.2 Å². The maximum atomic E-state index is 10.5. The van der Waals surface area contributed by atoms with E-state index >= 15 is 0 Å². The van der Waals surface area contributed by atoms with Crippen LogP contribution in [0.25, 0.3) is 0 Å². The summed E-state index contributed by atoms with van der Waals surface area (Å²) in [4.78, 5) is 11.9. The maximum absolute atomic E-state index is 10.5. The van der Waals surface area contributed by atoms with E-state index in [4.69, 9.17) is 9.84 Å². The first-order valence-corrected chi connectivity index (χ1v) is 11.3. The number of thiophene rings is 1. The standard InChI is InChI=1S/C23H34O5S/c1-16-13-14-29-22(16)12-10-17(28-2)9-11-19-18(20(24)15-21(19)25)7-5-3-4-6-8-23(26)27/h3,5,9,11,13-14,17-21,24-25H,4,6-8,10,12,15H2,1-2H3,(H,26,27)/b5-3+,11-9+. The van der Waals surface area contributed by atoms with Gasteiger partial charge in [0.1, 0.15) is 0 Å². The van der Waals surface area contributed by atoms with E-state index in [0.29, 0.717) is 25.7 Å². The number of aliphatic carboxylic acids is 1. The van der Waals surface area contributed by atoms with Gasteiger partial charge in [0.2, 0.25) is 0 Å². The lowest BCUT2D eigenvalue weighted by Gasteiger charge is -2.20. The Morgan fingerprint density at radius 2 is 2.14 bits per heavy atom. The van der Waals surface area contributed by atoms with Crippen molar-refractivity contribution in [2.75, 3.05) is 7.11 Å². The minimum absolute atomic E-state index is 0.0198. The molecule has 5 unspecified atom stereocenters. The van der Waals surface area contributed by atoms with Gasteiger partial charge in [0.15, 0.2) is 0 Å². The fourth-order valence-corrected chi connectivity index (χ4v) is 4.85. The lowest BCUT2D eigenvalue weighted by atomic mass is 9.89. The Morgan fingerprint density at radius 1 is 1.34 bits per heavy atom. The Labute approximate surface area is 177 Å². The average molecular weight is 423 g/mol. The van der Waals surface area contributed by atoms with Crippen molar-refractivity contribution in [3.63, 3.8) is 0 Å². The number of hydrogen-bond acceptors (Lipinski definition) is 5. The molecule has 1 saturated carbocycles. The third-order valence-electron chi connectivity index (χ3n) is 5.73. The van der Waals surface area contributed by atoms with Crippen LogP contribution in [0, 0.1) is 18.8 Å². The number of unbranched alkanes of at least 4 members (excludes halogenated alkanes) is 1. The highest BCUT2D eigenvalue weighted by Crippen LogP contribution is 2.36. The molecule has 0 aromatic carbocycles. The zero-order chi connectivity index (χ0) is 21.2. The quantitative estimate of drug-likeness (QED) is 0.348. The highest BCUT2D eigenvalue weighted by atomic mass is 32.1. The molecular weight excluding hydrogens is 388 g/mol. The first-order chi connectivity index (χ1) is 13.9. The largest absolute Gasteiger partial charge is 0.481 e. The molecule has 5 atom stereocenters. The molecule has 1 heterocycles. The molecule has 0 radical (unpaired) electrons. The van der Waals surface area contributed by atoms with Crippen LogP contribution < -0.4 is 0 Å². The van der Waals surface area contributed by atoms with E-state index in [-0.39, 0.29) is 24.4 Å². The van der Waals surface area contributed by atoms with Crippen molar-refractivity contribution in [2.45, 2.75) is 70.2 Å². The zero-order valence-electron chi connectivity index (χ0n) is 17.4. The molecule has 6 heteroatoms. The number of carbonyl (C=O) groups is 1. The average Bonchev–Trinajstić information content (AvgIpc) is 3.20. The number of rotatable bonds is 12. The van der Waals surface area contributed by atoms with Gasteiger partial charge in [-0.15, -0.1) is 11.3 Å². The van der Waals surface area contributed by atoms with Crippen molar-refractivity contribution in [3.05, 3.63) is 46.2 Å². The molecule has 1 aromatic rings. The first-order valence-electron chi connectivity index (χ1n) is 10.4. The van der Waals surface area contributed by atoms with Gasteiger partial charge in [0.25, 0.3) is 0 Å². The molecule has 1 fully saturated rings. The predicted octanol–water partition coefficient (Wildman–Crippen LogP) is 4.12. The molecule has 29 heavy (non-hydrogen) atoms. The molecule has 1 aliphatic carbocycles. The molecular formula is C23H34O5S. The van der Waals surface area contributed by atoms with Crippen molar-refractivity contribution < 1.29 is 24.9 Å². The topological polar surface area (TPSA) is 87.0 Å². The van der Waals surface area contributed by atoms with E-state index in [1.165, 1.54) is 10.4 Å². The van der Waals surface area contributed by atoms with Gasteiger partial charge in [-0.05, 0) is 62.0 Å². The highest BCUT2D eigenvalue weighted by molar-refractivity contribution is 7.10. The van der Waals surface area contributed by atoms with Crippen LogP contribution in [0.2, 0.25) is 0 Å². The summed E-state index contributed by atoms with van der Waals surface area (Å²) in [5.41, 5.74) is 1.32. The second-order valence-corrected chi connectivity index (χ2v) is 8.83. The van der Waals surface area contributed by atoms with Gasteiger partial charge in [-0.3, -0.25) is 4.79 Å². The summed E-state index contributed by atoms with van der Waals surface area (Å²) in [5, 5.41) is 31.5. The van der Waals surface area contributed by atoms with E-state index in [9.17, 15) is 15.0 Å². The van der Waals surface area contributed by atoms with Crippen LogP contribution in [0.5, 0.6) is 0 Å². The molecule has 162 valence electrons. The molecule has 0 saturated heterocycles. The van der Waals surface area contributed by atoms with Crippen LogP contribution in [-0.4, -0.2) is 46.7 Å². The third kappa shape index (κ3) is 7.70. The van der Waals surface area contributed by atoms with Gasteiger partial charge >= 0.3 is 5.97 Å². The monoisotopic (exact) mass is 422 g/mol. The maximum Gasteiger partial charge on any atom is 0.303 e. The predicted molar refractivity (Wildman–Crippen MR) is 116 cm³/mol. The number of carboxylic acids is 1. The number of aryl methyl sites for hydroxylation is 2. The third-order valence-corrected chi connectivity index (χ3v) is 6.81. The van der Waals surface area contributed by atoms with Crippen molar-refractivity contribution in [2.24, 2.45) is 11.8 Å². The van der Waals surface area contributed by atoms with Crippen molar-refractivity contribution in [1.82, 2.24) is 0 Å². The van der Waals surface area contributed by atoms with Crippen molar-refractivity contribution >= 4 is 17.3 Å². The van der Waals surface area contributed by atoms with Crippen LogP contribution in [-0.2, 0) is 16.0 Å². The van der Waals surface area contributed by atoms with Gasteiger partial charge in [0, 0.05) is 30.7 Å². The SMILES string of the molecule is COC(/C=C/C1C(O)CC(O)C1C/C=C/CCCC(=O)O)CCc1sccc1C. The number of allylic oxidation sites excluding steroid dienone is 2. The number of aliphatic hydroxyl groups is 2. The molecule has 0 amide bonds. The van der Waals surface area contributed by atoms with Crippen molar-refractivity contribution in [3.8, 4) is 0 Å². The molecule has 1 aromatic heterocycles. The summed E-state index contributed by atoms with van der Waals surface area (Å²) in [6.07, 6.45) is 11.3. The molecule has 1 aliphatic rings. The van der Waals surface area contributed by atoms with Gasteiger partial charge in [-0.1, -0.05) is 24.3 Å². The Balaban J connectivity index is 1.88. The summed E-state index contributed by atoms with van der Waals surface area (Å²) in [7, 11) is 1.70. The molecule has 5 nitrogen and oxygen atoms in total. The minimum atomic E-state index is -0.778. The lowest BCUT2D eigenvalue weighted by Crippen LogP contribution is -2.20. The summed E-state index contributed by atoms with van der Waals surface area (Å²) >= 11 is 1.77. The lowest BCUT2D eigenvalue weighted by molar-refractivity contribution is -0.137. The van der Waals surface area contributed by atoms with E-state index in [2.05, 4.69) is 18.4 Å². The summed E-state index contributed by atoms with van der Waals surface area (Å²) in [6, 6.07) is 2.13. The Morgan fingerprint density at radius 3 is 2.79 bits per heavy atom. The van der Waals surface area contributed by atoms with E-state index in [1.54, 1.807) is 18.4 Å². The van der Waals surface area contributed by atoms with Crippen LogP contribution in [0.15, 0.2) is 35.8 Å². The fourth-order valence-electron chi connectivity index (χ4n) is 3.93. The molecule has 2 rings (SSSR count). The second kappa shape index (κ2) is 12.3. The number of ether oxygens (including phenoxy) is 1. The second-order valence-electron chi connectivity index (χ2n) is 7.83. The summed E-state index contributed by atoms with van der Waals surface area (Å²) in [5.74, 6) is -0.913. The minimum Gasteiger partial charge on any atom is -0.481 e. The highest BCUT2D eigenvalue weighted by Gasteiger charge is 2.39. The normalized spacial score (nSPS) is 25.9. The molecule has 0 spiro atoms. The Kier molecular flexibility index (Phi) is 10.1. The van der Waals surface area contributed by atoms with Gasteiger partial charge < -0.3 is 20.1 Å². The van der Waals surface area contributed by atoms with Crippen LogP contribution in [0.4, 0.5) is 0 Å². The zero-order valence-corrected chi connectivity index (χ0v) is 18.2. The molecule has 0 aliphatic heterocycles. The molecule has 3 N–H and O–H groups in total. The number of methoxy groups -OCH3 is 1. The molecule has 0 bridgehead atoms. The van der Waals surface area contributed by atoms with Gasteiger partial charge in [-0.25, -0.2) is 0 Å². The van der Waals surface area contributed by atoms with Crippen LogP contribution in [0.3, 0.4) is 0 Å². The van der Waals surface area contributed by atoms with Crippen LogP contribution >= 0.6 is 11.3 Å². The Bertz CT molecular complexity index is 681. The first kappa shape index (κ1) is 23.8. The number of carboxylic acid groups (broad SMARTS) is 1. The summed E-state index contributed by atoms with van der Waals surface area (Å²) in [6.45, 7) is 2.12. The van der Waals surface area contributed by atoms with E-state index in [1.807, 2.05) is 24.3 Å². The summed E-state index contributed by atoms with van der Waals surface area (Å²) < 4.78 is 5.60.